The van der Waals surface area contributed by atoms with Crippen LogP contribution in [0.2, 0.25) is 0 Å². The van der Waals surface area contributed by atoms with Crippen LogP contribution in [0.3, 0.4) is 0 Å². The molecule has 0 aromatic heterocycles. The van der Waals surface area contributed by atoms with Crippen LogP contribution in [0.5, 0.6) is 0 Å². The first-order chi connectivity index (χ1) is 8.61. The Labute approximate surface area is 113 Å². The molecule has 106 valence electrons. The van der Waals surface area contributed by atoms with Gasteiger partial charge in [0, 0.05) is 30.7 Å². The molecule has 0 saturated carbocycles. The van der Waals surface area contributed by atoms with Crippen LogP contribution in [0.1, 0.15) is 46.5 Å². The second-order valence-electron chi connectivity index (χ2n) is 6.37. The van der Waals surface area contributed by atoms with Crippen LogP contribution in [0, 0.1) is 0 Å². The number of nitrogens with one attached hydrogen (secondary N) is 1. The molecule has 2 rings (SSSR count). The zero-order chi connectivity index (χ0) is 13.1. The molecule has 18 heavy (non-hydrogen) atoms. The van der Waals surface area contributed by atoms with Crippen LogP contribution in [-0.2, 0) is 0 Å². The van der Waals surface area contributed by atoms with E-state index >= 15 is 0 Å². The Hall–Kier alpha value is -0.120. The molecule has 0 spiro atoms. The Bertz CT molecular complexity index is 256. The van der Waals surface area contributed by atoms with Gasteiger partial charge >= 0.3 is 0 Å². The topological polar surface area (TPSA) is 18.5 Å². The van der Waals surface area contributed by atoms with Crippen molar-refractivity contribution in [1.82, 2.24) is 15.1 Å². The van der Waals surface area contributed by atoms with Crippen molar-refractivity contribution in [2.75, 3.05) is 26.7 Å². The normalized spacial score (nSPS) is 40.0. The fourth-order valence-electron chi connectivity index (χ4n) is 3.77. The lowest BCUT2D eigenvalue weighted by atomic mass is 9.91. The van der Waals surface area contributed by atoms with Gasteiger partial charge in [-0.05, 0) is 59.7 Å². The van der Waals surface area contributed by atoms with Crippen molar-refractivity contribution < 1.29 is 0 Å². The van der Waals surface area contributed by atoms with E-state index in [1.54, 1.807) is 0 Å². The van der Waals surface area contributed by atoms with Crippen molar-refractivity contribution in [2.45, 2.75) is 70.6 Å². The molecule has 0 aliphatic carbocycles. The van der Waals surface area contributed by atoms with Crippen LogP contribution < -0.4 is 5.32 Å². The molecule has 2 aliphatic rings. The average molecular weight is 253 g/mol. The molecular formula is C15H31N3. The largest absolute Gasteiger partial charge is 0.314 e. The molecule has 2 aliphatic heterocycles. The number of likely N-dealkylation sites (tertiary alicyclic amines) is 2. The molecular weight excluding hydrogens is 222 g/mol. The molecule has 0 amide bonds. The standard InChI is InChI=1S/C15H31N3/c1-5-16-14-6-9-18(13(3)10-14)15-7-8-17(4)12(2)11-15/h12-16H,5-11H2,1-4H3. The Balaban J connectivity index is 1.86. The Morgan fingerprint density at radius 3 is 2.44 bits per heavy atom. The number of piperidine rings is 2. The van der Waals surface area contributed by atoms with Gasteiger partial charge in [-0.2, -0.15) is 0 Å². The first-order valence-corrected chi connectivity index (χ1v) is 7.81. The van der Waals surface area contributed by atoms with E-state index in [1.807, 2.05) is 0 Å². The first kappa shape index (κ1) is 14.3. The van der Waals surface area contributed by atoms with Gasteiger partial charge in [0.1, 0.15) is 0 Å². The van der Waals surface area contributed by atoms with Crippen molar-refractivity contribution in [2.24, 2.45) is 0 Å². The van der Waals surface area contributed by atoms with Gasteiger partial charge in [0.05, 0.1) is 0 Å². The van der Waals surface area contributed by atoms with E-state index in [0.29, 0.717) is 0 Å². The van der Waals surface area contributed by atoms with Gasteiger partial charge in [0.25, 0.3) is 0 Å². The number of rotatable bonds is 3. The molecule has 2 heterocycles. The highest BCUT2D eigenvalue weighted by Crippen LogP contribution is 2.27. The SMILES string of the molecule is CCNC1CCN(C2CCN(C)C(C)C2)C(C)C1. The van der Waals surface area contributed by atoms with Gasteiger partial charge in [0.2, 0.25) is 0 Å². The zero-order valence-corrected chi connectivity index (χ0v) is 12.7. The van der Waals surface area contributed by atoms with E-state index in [2.05, 4.69) is 42.9 Å². The maximum Gasteiger partial charge on any atom is 0.0125 e. The van der Waals surface area contributed by atoms with Crippen molar-refractivity contribution in [3.63, 3.8) is 0 Å². The highest BCUT2D eigenvalue weighted by atomic mass is 15.2. The molecule has 4 atom stereocenters. The highest BCUT2D eigenvalue weighted by molar-refractivity contribution is 4.90. The van der Waals surface area contributed by atoms with Crippen LogP contribution in [-0.4, -0.2) is 60.6 Å². The van der Waals surface area contributed by atoms with Crippen molar-refractivity contribution in [3.05, 3.63) is 0 Å². The monoisotopic (exact) mass is 253 g/mol. The second-order valence-corrected chi connectivity index (χ2v) is 6.37. The highest BCUT2D eigenvalue weighted by Gasteiger charge is 2.33. The van der Waals surface area contributed by atoms with E-state index in [1.165, 1.54) is 38.8 Å². The van der Waals surface area contributed by atoms with Crippen LogP contribution in [0.25, 0.3) is 0 Å². The summed E-state index contributed by atoms with van der Waals surface area (Å²) in [5.41, 5.74) is 0. The molecule has 0 bridgehead atoms. The van der Waals surface area contributed by atoms with Crippen molar-refractivity contribution in [3.8, 4) is 0 Å². The van der Waals surface area contributed by atoms with Crippen molar-refractivity contribution >= 4 is 0 Å². The second kappa shape index (κ2) is 6.36. The molecule has 0 aromatic rings. The molecule has 4 unspecified atom stereocenters. The average Bonchev–Trinajstić information content (AvgIpc) is 2.34. The minimum absolute atomic E-state index is 0.752. The van der Waals surface area contributed by atoms with Gasteiger partial charge in [-0.25, -0.2) is 0 Å². The summed E-state index contributed by atoms with van der Waals surface area (Å²) in [6.07, 6.45) is 5.37. The number of hydrogen-bond acceptors (Lipinski definition) is 3. The zero-order valence-electron chi connectivity index (χ0n) is 12.7. The molecule has 0 aromatic carbocycles. The van der Waals surface area contributed by atoms with E-state index in [-0.39, 0.29) is 0 Å². The number of hydrogen-bond donors (Lipinski definition) is 1. The maximum absolute atomic E-state index is 3.62. The van der Waals surface area contributed by atoms with Crippen LogP contribution in [0.4, 0.5) is 0 Å². The Morgan fingerprint density at radius 1 is 1.06 bits per heavy atom. The fourth-order valence-corrected chi connectivity index (χ4v) is 3.77. The van der Waals surface area contributed by atoms with E-state index in [9.17, 15) is 0 Å². The smallest absolute Gasteiger partial charge is 0.0125 e. The molecule has 3 heteroatoms. The molecule has 2 fully saturated rings. The van der Waals surface area contributed by atoms with Gasteiger partial charge in [-0.3, -0.25) is 4.90 Å². The summed E-state index contributed by atoms with van der Waals surface area (Å²) < 4.78 is 0. The Morgan fingerprint density at radius 2 is 1.83 bits per heavy atom. The third kappa shape index (κ3) is 3.25. The summed E-state index contributed by atoms with van der Waals surface area (Å²) in [6, 6.07) is 3.09. The molecule has 2 saturated heterocycles. The summed E-state index contributed by atoms with van der Waals surface area (Å²) in [5.74, 6) is 0. The first-order valence-electron chi connectivity index (χ1n) is 7.81. The van der Waals surface area contributed by atoms with Crippen LogP contribution >= 0.6 is 0 Å². The molecule has 1 N–H and O–H groups in total. The van der Waals surface area contributed by atoms with E-state index in [4.69, 9.17) is 0 Å². The van der Waals surface area contributed by atoms with Crippen LogP contribution in [0.15, 0.2) is 0 Å². The molecule has 3 nitrogen and oxygen atoms in total. The Kier molecular flexibility index (Phi) is 5.05. The van der Waals surface area contributed by atoms with Gasteiger partial charge in [-0.15, -0.1) is 0 Å². The quantitative estimate of drug-likeness (QED) is 0.829. The van der Waals surface area contributed by atoms with Gasteiger partial charge in [0.15, 0.2) is 0 Å². The summed E-state index contributed by atoms with van der Waals surface area (Å²) in [7, 11) is 2.27. The molecule has 0 radical (unpaired) electrons. The van der Waals surface area contributed by atoms with E-state index < -0.39 is 0 Å². The summed E-state index contributed by atoms with van der Waals surface area (Å²) in [6.45, 7) is 10.7. The fraction of sp³-hybridized carbons (Fsp3) is 1.00. The van der Waals surface area contributed by atoms with Gasteiger partial charge in [-0.1, -0.05) is 6.92 Å². The third-order valence-electron chi connectivity index (χ3n) is 5.07. The van der Waals surface area contributed by atoms with Gasteiger partial charge < -0.3 is 10.2 Å². The van der Waals surface area contributed by atoms with Crippen molar-refractivity contribution in [1.29, 1.82) is 0 Å². The lowest BCUT2D eigenvalue weighted by Gasteiger charge is -2.47. The van der Waals surface area contributed by atoms with E-state index in [0.717, 1.165) is 30.7 Å². The predicted molar refractivity (Wildman–Crippen MR) is 78.0 cm³/mol. The summed E-state index contributed by atoms with van der Waals surface area (Å²) in [4.78, 5) is 5.30. The lowest BCUT2D eigenvalue weighted by molar-refractivity contribution is 0.0356. The summed E-state index contributed by atoms with van der Waals surface area (Å²) >= 11 is 0. The maximum atomic E-state index is 3.62. The number of nitrogens with zero attached hydrogens (tertiary/aromatic N) is 2. The minimum atomic E-state index is 0.752. The lowest BCUT2D eigenvalue weighted by Crippen LogP contribution is -2.55. The third-order valence-corrected chi connectivity index (χ3v) is 5.07. The minimum Gasteiger partial charge on any atom is -0.314 e. The predicted octanol–water partition coefficient (Wildman–Crippen LogP) is 1.93. The summed E-state index contributed by atoms with van der Waals surface area (Å²) in [5, 5.41) is 3.62.